The summed E-state index contributed by atoms with van der Waals surface area (Å²) in [4.78, 5) is 25.9. The van der Waals surface area contributed by atoms with E-state index in [2.05, 4.69) is 20.3 Å². The van der Waals surface area contributed by atoms with Crippen molar-refractivity contribution in [3.05, 3.63) is 71.1 Å². The molecule has 0 aliphatic carbocycles. The van der Waals surface area contributed by atoms with Crippen LogP contribution in [0.15, 0.2) is 42.7 Å². The van der Waals surface area contributed by atoms with Crippen molar-refractivity contribution in [3.63, 3.8) is 0 Å². The molecular weight excluding hydrogens is 451 g/mol. The first-order valence-electron chi connectivity index (χ1n) is 11.0. The van der Waals surface area contributed by atoms with Gasteiger partial charge in [-0.1, -0.05) is 13.8 Å². The Morgan fingerprint density at radius 1 is 1.09 bits per heavy atom. The van der Waals surface area contributed by atoms with E-state index in [1.165, 1.54) is 31.6 Å². The zero-order chi connectivity index (χ0) is 25.3. The Kier molecular flexibility index (Phi) is 6.50. The Morgan fingerprint density at radius 3 is 2.54 bits per heavy atom. The van der Waals surface area contributed by atoms with Gasteiger partial charge in [-0.15, -0.1) is 0 Å². The number of aryl methyl sites for hydroxylation is 2. The first-order chi connectivity index (χ1) is 16.7. The summed E-state index contributed by atoms with van der Waals surface area (Å²) in [6, 6.07) is 7.34. The van der Waals surface area contributed by atoms with E-state index in [1.54, 1.807) is 26.0 Å². The molecule has 0 unspecified atom stereocenters. The highest BCUT2D eigenvalue weighted by Crippen LogP contribution is 2.34. The van der Waals surface area contributed by atoms with Crippen molar-refractivity contribution in [3.8, 4) is 23.0 Å². The minimum absolute atomic E-state index is 0.0247. The van der Waals surface area contributed by atoms with E-state index in [0.29, 0.717) is 39.5 Å². The molecule has 0 aliphatic heterocycles. The SMILES string of the molecule is COc1cnc2c(Oc3ccc(NC(=O)c4c(C)nc(C)c(C(C)C)c4O)cc3F)ccnc2c1. The average Bonchev–Trinajstić information content (AvgIpc) is 2.80. The van der Waals surface area contributed by atoms with E-state index in [4.69, 9.17) is 9.47 Å². The Hall–Kier alpha value is -4.27. The molecule has 35 heavy (non-hydrogen) atoms. The second-order valence-corrected chi connectivity index (χ2v) is 8.33. The third-order valence-electron chi connectivity index (χ3n) is 5.54. The van der Waals surface area contributed by atoms with Crippen LogP contribution in [0.5, 0.6) is 23.0 Å². The lowest BCUT2D eigenvalue weighted by atomic mass is 9.96. The smallest absolute Gasteiger partial charge is 0.261 e. The first-order valence-corrected chi connectivity index (χ1v) is 11.0. The van der Waals surface area contributed by atoms with Crippen LogP contribution >= 0.6 is 0 Å². The molecule has 4 rings (SSSR count). The summed E-state index contributed by atoms with van der Waals surface area (Å²) in [5, 5.41) is 13.4. The summed E-state index contributed by atoms with van der Waals surface area (Å²) in [6.07, 6.45) is 3.05. The summed E-state index contributed by atoms with van der Waals surface area (Å²) < 4.78 is 25.8. The van der Waals surface area contributed by atoms with Crippen LogP contribution in [-0.4, -0.2) is 33.1 Å². The second-order valence-electron chi connectivity index (χ2n) is 8.33. The molecule has 0 aliphatic rings. The number of methoxy groups -OCH3 is 1. The number of fused-ring (bicyclic) bond motifs is 1. The lowest BCUT2D eigenvalue weighted by molar-refractivity contribution is 0.102. The molecule has 0 spiro atoms. The first kappa shape index (κ1) is 23.9. The standard InChI is InChI=1S/C26H25FN4O4/c1-13(2)22-14(3)30-15(4)23(25(22)32)26(33)31-16-6-7-20(18(27)10-16)35-21-8-9-28-19-11-17(34-5)12-29-24(19)21/h6-13H,1-5H3,(H,30,32)(H,31,33). The van der Waals surface area contributed by atoms with E-state index in [0.717, 1.165) is 6.07 Å². The second kappa shape index (κ2) is 9.54. The van der Waals surface area contributed by atoms with Crippen LogP contribution in [-0.2, 0) is 0 Å². The van der Waals surface area contributed by atoms with E-state index in [-0.39, 0.29) is 28.7 Å². The number of anilines is 1. The van der Waals surface area contributed by atoms with E-state index >= 15 is 0 Å². The van der Waals surface area contributed by atoms with Gasteiger partial charge in [0.2, 0.25) is 0 Å². The summed E-state index contributed by atoms with van der Waals surface area (Å²) in [5.74, 6) is -0.598. The molecular formula is C26H25FN4O4. The van der Waals surface area contributed by atoms with E-state index in [1.807, 2.05) is 13.8 Å². The highest BCUT2D eigenvalue weighted by Gasteiger charge is 2.23. The quantitative estimate of drug-likeness (QED) is 0.370. The zero-order valence-electron chi connectivity index (χ0n) is 20.0. The van der Waals surface area contributed by atoms with E-state index < -0.39 is 11.7 Å². The van der Waals surface area contributed by atoms with Gasteiger partial charge in [0.05, 0.1) is 24.5 Å². The van der Waals surface area contributed by atoms with Crippen molar-refractivity contribution < 1.29 is 23.8 Å². The highest BCUT2D eigenvalue weighted by molar-refractivity contribution is 6.07. The van der Waals surface area contributed by atoms with Gasteiger partial charge >= 0.3 is 0 Å². The number of halogens is 1. The summed E-state index contributed by atoms with van der Waals surface area (Å²) in [6.45, 7) is 7.25. The molecule has 0 atom stereocenters. The molecule has 1 amide bonds. The van der Waals surface area contributed by atoms with Crippen molar-refractivity contribution in [2.24, 2.45) is 0 Å². The minimum Gasteiger partial charge on any atom is -0.507 e. The molecule has 3 aromatic heterocycles. The summed E-state index contributed by atoms with van der Waals surface area (Å²) >= 11 is 0. The molecule has 9 heteroatoms. The molecule has 4 aromatic rings. The molecule has 0 radical (unpaired) electrons. The number of ether oxygens (including phenoxy) is 2. The molecule has 1 aromatic carbocycles. The topological polar surface area (TPSA) is 106 Å². The third-order valence-corrected chi connectivity index (χ3v) is 5.54. The van der Waals surface area contributed by atoms with Crippen LogP contribution in [0, 0.1) is 19.7 Å². The number of rotatable bonds is 6. The third kappa shape index (κ3) is 4.70. The number of pyridine rings is 3. The number of nitrogens with zero attached hydrogens (tertiary/aromatic N) is 3. The molecule has 0 saturated heterocycles. The molecule has 180 valence electrons. The maximum Gasteiger partial charge on any atom is 0.261 e. The summed E-state index contributed by atoms with van der Waals surface area (Å²) in [5.41, 5.74) is 2.90. The number of hydrogen-bond acceptors (Lipinski definition) is 7. The molecule has 0 fully saturated rings. The number of carbonyl (C=O) groups is 1. The van der Waals surface area contributed by atoms with Crippen LogP contribution in [0.2, 0.25) is 0 Å². The Balaban J connectivity index is 1.59. The Morgan fingerprint density at radius 2 is 1.86 bits per heavy atom. The van der Waals surface area contributed by atoms with Crippen LogP contribution < -0.4 is 14.8 Å². The number of hydrogen-bond donors (Lipinski definition) is 2. The number of amides is 1. The average molecular weight is 477 g/mol. The molecule has 0 saturated carbocycles. The zero-order valence-corrected chi connectivity index (χ0v) is 20.0. The van der Waals surface area contributed by atoms with Gasteiger partial charge in [0.15, 0.2) is 17.3 Å². The van der Waals surface area contributed by atoms with Gasteiger partial charge in [0, 0.05) is 41.3 Å². The monoisotopic (exact) mass is 476 g/mol. The fourth-order valence-electron chi connectivity index (χ4n) is 3.96. The number of aromatic nitrogens is 3. The Labute approximate surface area is 201 Å². The molecule has 3 heterocycles. The van der Waals surface area contributed by atoms with Crippen LogP contribution in [0.25, 0.3) is 11.0 Å². The van der Waals surface area contributed by atoms with E-state index in [9.17, 15) is 14.3 Å². The van der Waals surface area contributed by atoms with Gasteiger partial charge in [-0.25, -0.2) is 9.37 Å². The number of benzene rings is 1. The summed E-state index contributed by atoms with van der Waals surface area (Å²) in [7, 11) is 1.53. The van der Waals surface area contributed by atoms with Gasteiger partial charge in [-0.2, -0.15) is 0 Å². The molecule has 8 nitrogen and oxygen atoms in total. The predicted octanol–water partition coefficient (Wildman–Crippen LogP) is 5.66. The molecule has 2 N–H and O–H groups in total. The van der Waals surface area contributed by atoms with Gasteiger partial charge in [0.25, 0.3) is 5.91 Å². The highest BCUT2D eigenvalue weighted by atomic mass is 19.1. The van der Waals surface area contributed by atoms with Crippen molar-refractivity contribution in [1.29, 1.82) is 0 Å². The fraction of sp³-hybridized carbons (Fsp3) is 0.231. The van der Waals surface area contributed by atoms with Crippen molar-refractivity contribution in [2.75, 3.05) is 12.4 Å². The van der Waals surface area contributed by atoms with Gasteiger partial charge in [0.1, 0.15) is 22.6 Å². The minimum atomic E-state index is -0.688. The number of carbonyl (C=O) groups excluding carboxylic acids is 1. The van der Waals surface area contributed by atoms with Crippen molar-refractivity contribution >= 4 is 22.6 Å². The predicted molar refractivity (Wildman–Crippen MR) is 130 cm³/mol. The fourth-order valence-corrected chi connectivity index (χ4v) is 3.96. The maximum absolute atomic E-state index is 14.9. The van der Waals surface area contributed by atoms with Crippen LogP contribution in [0.4, 0.5) is 10.1 Å². The van der Waals surface area contributed by atoms with Crippen LogP contribution in [0.1, 0.15) is 47.1 Å². The normalized spacial score (nSPS) is 11.1. The molecule has 0 bridgehead atoms. The number of aromatic hydroxyl groups is 1. The van der Waals surface area contributed by atoms with Gasteiger partial charge < -0.3 is 19.9 Å². The Bertz CT molecular complexity index is 1440. The number of nitrogens with one attached hydrogen (secondary N) is 1. The van der Waals surface area contributed by atoms with Gasteiger partial charge in [-0.05, 0) is 31.9 Å². The van der Waals surface area contributed by atoms with Gasteiger partial charge in [-0.3, -0.25) is 14.8 Å². The largest absolute Gasteiger partial charge is 0.507 e. The lowest BCUT2D eigenvalue weighted by Crippen LogP contribution is -2.16. The maximum atomic E-state index is 14.9. The van der Waals surface area contributed by atoms with Crippen molar-refractivity contribution in [1.82, 2.24) is 15.0 Å². The van der Waals surface area contributed by atoms with Crippen molar-refractivity contribution in [2.45, 2.75) is 33.6 Å². The lowest BCUT2D eigenvalue weighted by Gasteiger charge is -2.17. The van der Waals surface area contributed by atoms with Crippen LogP contribution in [0.3, 0.4) is 0 Å².